The van der Waals surface area contributed by atoms with Gasteiger partial charge in [-0.15, -0.1) is 12.6 Å². The van der Waals surface area contributed by atoms with Crippen molar-refractivity contribution in [1.82, 2.24) is 0 Å². The number of nitrogen functional groups attached to an aromatic ring is 1. The summed E-state index contributed by atoms with van der Waals surface area (Å²) < 4.78 is 0. The molecular formula is C9H15NS. The number of hydrogen-bond donors (Lipinski definition) is 2. The SMILES string of the molecule is CCC.Nc1ccccc1S. The highest BCUT2D eigenvalue weighted by atomic mass is 32.1. The fourth-order valence-electron chi connectivity index (χ4n) is 0.488. The Morgan fingerprint density at radius 3 is 2.00 bits per heavy atom. The molecule has 0 unspecified atom stereocenters. The summed E-state index contributed by atoms with van der Waals surface area (Å²) in [6.45, 7) is 4.25. The van der Waals surface area contributed by atoms with Crippen LogP contribution in [0.15, 0.2) is 29.2 Å². The molecule has 0 atom stereocenters. The highest BCUT2D eigenvalue weighted by Gasteiger charge is 1.85. The lowest BCUT2D eigenvalue weighted by molar-refractivity contribution is 1.09. The van der Waals surface area contributed by atoms with Crippen molar-refractivity contribution in [3.8, 4) is 0 Å². The Labute approximate surface area is 74.0 Å². The zero-order valence-corrected chi connectivity index (χ0v) is 7.94. The molecule has 1 aromatic rings. The molecule has 0 aliphatic carbocycles. The van der Waals surface area contributed by atoms with Gasteiger partial charge >= 0.3 is 0 Å². The Hall–Kier alpha value is -0.630. The Kier molecular flexibility index (Phi) is 5.75. The number of para-hydroxylation sites is 1. The summed E-state index contributed by atoms with van der Waals surface area (Å²) in [5.74, 6) is 0. The van der Waals surface area contributed by atoms with Crippen LogP contribution in [0.5, 0.6) is 0 Å². The fourth-order valence-corrected chi connectivity index (χ4v) is 0.648. The highest BCUT2D eigenvalue weighted by Crippen LogP contribution is 2.13. The second-order valence-corrected chi connectivity index (χ2v) is 2.75. The van der Waals surface area contributed by atoms with Crippen molar-refractivity contribution in [2.24, 2.45) is 0 Å². The Morgan fingerprint density at radius 1 is 1.27 bits per heavy atom. The van der Waals surface area contributed by atoms with Gasteiger partial charge in [0.1, 0.15) is 0 Å². The van der Waals surface area contributed by atoms with Crippen LogP contribution in [0.4, 0.5) is 5.69 Å². The molecule has 2 N–H and O–H groups in total. The van der Waals surface area contributed by atoms with E-state index in [4.69, 9.17) is 5.73 Å². The molecular weight excluding hydrogens is 154 g/mol. The van der Waals surface area contributed by atoms with Gasteiger partial charge in [0.05, 0.1) is 0 Å². The van der Waals surface area contributed by atoms with Crippen LogP contribution in [-0.4, -0.2) is 0 Å². The minimum atomic E-state index is 0.732. The first kappa shape index (κ1) is 10.4. The van der Waals surface area contributed by atoms with Gasteiger partial charge in [0, 0.05) is 10.6 Å². The largest absolute Gasteiger partial charge is 0.398 e. The molecule has 1 rings (SSSR count). The molecule has 0 amide bonds. The lowest BCUT2D eigenvalue weighted by Crippen LogP contribution is -1.83. The molecule has 0 radical (unpaired) electrons. The van der Waals surface area contributed by atoms with E-state index in [1.54, 1.807) is 0 Å². The standard InChI is InChI=1S/C6H7NS.C3H8/c7-5-3-1-2-4-6(5)8;1-3-2/h1-4,8H,7H2;3H2,1-2H3. The van der Waals surface area contributed by atoms with Crippen molar-refractivity contribution in [2.45, 2.75) is 25.2 Å². The van der Waals surface area contributed by atoms with Crippen molar-refractivity contribution >= 4 is 18.3 Å². The third-order valence-corrected chi connectivity index (χ3v) is 1.34. The summed E-state index contributed by atoms with van der Waals surface area (Å²) >= 11 is 4.07. The van der Waals surface area contributed by atoms with E-state index < -0.39 is 0 Å². The van der Waals surface area contributed by atoms with E-state index in [-0.39, 0.29) is 0 Å². The molecule has 0 saturated heterocycles. The van der Waals surface area contributed by atoms with Crippen LogP contribution in [0.25, 0.3) is 0 Å². The predicted octanol–water partition coefficient (Wildman–Crippen LogP) is 2.97. The van der Waals surface area contributed by atoms with Crippen molar-refractivity contribution in [1.29, 1.82) is 0 Å². The van der Waals surface area contributed by atoms with Crippen molar-refractivity contribution < 1.29 is 0 Å². The molecule has 1 aromatic carbocycles. The number of rotatable bonds is 0. The first-order valence-electron chi connectivity index (χ1n) is 3.75. The van der Waals surface area contributed by atoms with Crippen molar-refractivity contribution in [3.05, 3.63) is 24.3 Å². The van der Waals surface area contributed by atoms with Crippen LogP contribution >= 0.6 is 12.6 Å². The zero-order valence-electron chi connectivity index (χ0n) is 7.04. The Balaban J connectivity index is 0.000000292. The lowest BCUT2D eigenvalue weighted by Gasteiger charge is -1.92. The van der Waals surface area contributed by atoms with Gasteiger partial charge in [-0.1, -0.05) is 32.4 Å². The third kappa shape index (κ3) is 4.73. The summed E-state index contributed by atoms with van der Waals surface area (Å²) in [5, 5.41) is 0. The molecule has 0 spiro atoms. The lowest BCUT2D eigenvalue weighted by atomic mass is 10.3. The second kappa shape index (κ2) is 6.10. The average Bonchev–Trinajstić information content (AvgIpc) is 1.97. The van der Waals surface area contributed by atoms with Gasteiger partial charge in [0.2, 0.25) is 0 Å². The van der Waals surface area contributed by atoms with E-state index in [9.17, 15) is 0 Å². The minimum absolute atomic E-state index is 0.732. The maximum absolute atomic E-state index is 5.44. The monoisotopic (exact) mass is 169 g/mol. The second-order valence-electron chi connectivity index (χ2n) is 2.27. The minimum Gasteiger partial charge on any atom is -0.398 e. The number of nitrogens with two attached hydrogens (primary N) is 1. The average molecular weight is 169 g/mol. The quantitative estimate of drug-likeness (QED) is 0.453. The molecule has 11 heavy (non-hydrogen) atoms. The van der Waals surface area contributed by atoms with Gasteiger partial charge < -0.3 is 5.73 Å². The predicted molar refractivity (Wildman–Crippen MR) is 54.1 cm³/mol. The van der Waals surface area contributed by atoms with Gasteiger partial charge in [0.25, 0.3) is 0 Å². The summed E-state index contributed by atoms with van der Waals surface area (Å²) in [7, 11) is 0. The van der Waals surface area contributed by atoms with E-state index in [2.05, 4.69) is 26.5 Å². The molecule has 62 valence electrons. The maximum Gasteiger partial charge on any atom is 0.0449 e. The topological polar surface area (TPSA) is 26.0 Å². The van der Waals surface area contributed by atoms with Crippen LogP contribution in [0.2, 0.25) is 0 Å². The molecule has 2 heteroatoms. The van der Waals surface area contributed by atoms with Crippen LogP contribution in [-0.2, 0) is 0 Å². The van der Waals surface area contributed by atoms with Gasteiger partial charge in [-0.25, -0.2) is 0 Å². The molecule has 0 aromatic heterocycles. The summed E-state index contributed by atoms with van der Waals surface area (Å²) in [6, 6.07) is 7.47. The molecule has 0 fully saturated rings. The van der Waals surface area contributed by atoms with E-state index >= 15 is 0 Å². The highest BCUT2D eigenvalue weighted by molar-refractivity contribution is 7.80. The Morgan fingerprint density at radius 2 is 1.73 bits per heavy atom. The summed E-state index contributed by atoms with van der Waals surface area (Å²) in [4.78, 5) is 0.840. The molecule has 0 bridgehead atoms. The van der Waals surface area contributed by atoms with Crippen LogP contribution in [0.1, 0.15) is 20.3 Å². The Bertz CT molecular complexity index is 178. The molecule has 0 heterocycles. The van der Waals surface area contributed by atoms with Gasteiger partial charge in [-0.05, 0) is 12.1 Å². The first-order valence-corrected chi connectivity index (χ1v) is 4.20. The number of hydrogen-bond acceptors (Lipinski definition) is 2. The maximum atomic E-state index is 5.44. The number of anilines is 1. The summed E-state index contributed by atoms with van der Waals surface area (Å²) in [6.07, 6.45) is 1.25. The molecule has 1 nitrogen and oxygen atoms in total. The zero-order chi connectivity index (χ0) is 8.69. The third-order valence-electron chi connectivity index (χ3n) is 0.937. The van der Waals surface area contributed by atoms with E-state index in [0.717, 1.165) is 10.6 Å². The van der Waals surface area contributed by atoms with Gasteiger partial charge in [0.15, 0.2) is 0 Å². The first-order chi connectivity index (χ1) is 5.22. The smallest absolute Gasteiger partial charge is 0.0449 e. The van der Waals surface area contributed by atoms with Gasteiger partial charge in [-0.2, -0.15) is 0 Å². The molecule has 0 aliphatic heterocycles. The number of benzene rings is 1. The van der Waals surface area contributed by atoms with E-state index in [1.807, 2.05) is 24.3 Å². The van der Waals surface area contributed by atoms with Crippen LogP contribution in [0, 0.1) is 0 Å². The van der Waals surface area contributed by atoms with Crippen molar-refractivity contribution in [3.63, 3.8) is 0 Å². The van der Waals surface area contributed by atoms with Crippen LogP contribution < -0.4 is 5.73 Å². The van der Waals surface area contributed by atoms with Crippen LogP contribution in [0.3, 0.4) is 0 Å². The van der Waals surface area contributed by atoms with Gasteiger partial charge in [-0.3, -0.25) is 0 Å². The summed E-state index contributed by atoms with van der Waals surface area (Å²) in [5.41, 5.74) is 6.18. The van der Waals surface area contributed by atoms with E-state index in [1.165, 1.54) is 6.42 Å². The normalized spacial score (nSPS) is 8.27. The van der Waals surface area contributed by atoms with Crippen molar-refractivity contribution in [2.75, 3.05) is 5.73 Å². The number of thiol groups is 1. The molecule has 0 saturated carbocycles. The fraction of sp³-hybridized carbons (Fsp3) is 0.333. The van der Waals surface area contributed by atoms with E-state index in [0.29, 0.717) is 0 Å². The molecule has 0 aliphatic rings.